The zero-order valence-corrected chi connectivity index (χ0v) is 20.0. The molecule has 2 amide bonds. The average Bonchev–Trinajstić information content (AvgIpc) is 2.73. The number of hydrogen-bond donors (Lipinski definition) is 4. The minimum Gasteiger partial charge on any atom is -0.465 e. The summed E-state index contributed by atoms with van der Waals surface area (Å²) in [7, 11) is 0. The predicted molar refractivity (Wildman–Crippen MR) is 130 cm³/mol. The van der Waals surface area contributed by atoms with E-state index < -0.39 is 12.2 Å². The highest BCUT2D eigenvalue weighted by atomic mass is 16.4. The molecule has 0 spiro atoms. The van der Waals surface area contributed by atoms with Crippen LogP contribution in [0.1, 0.15) is 96.5 Å². The molecule has 6 heteroatoms. The average molecular weight is 439 g/mol. The monoisotopic (exact) mass is 438 g/mol. The molecule has 0 saturated carbocycles. The summed E-state index contributed by atoms with van der Waals surface area (Å²) in [5, 5.41) is 21.2. The highest BCUT2D eigenvalue weighted by molar-refractivity contribution is 5.64. The Morgan fingerprint density at radius 2 is 1.00 bits per heavy atom. The van der Waals surface area contributed by atoms with Crippen LogP contribution in [0.4, 0.5) is 9.59 Å². The molecule has 0 aliphatic rings. The Kier molecular flexibility index (Phi) is 25.8. The smallest absolute Gasteiger partial charge is 0.404 e. The molecule has 31 heavy (non-hydrogen) atoms. The zero-order chi connectivity index (χ0) is 23.6. The van der Waals surface area contributed by atoms with Gasteiger partial charge < -0.3 is 20.8 Å². The molecule has 0 bridgehead atoms. The summed E-state index contributed by atoms with van der Waals surface area (Å²) in [6, 6.07) is 10.3. The third-order valence-electron chi connectivity index (χ3n) is 4.55. The number of benzene rings is 1. The van der Waals surface area contributed by atoms with Gasteiger partial charge in [-0.25, -0.2) is 9.59 Å². The normalized spacial score (nSPS) is 9.52. The molecular formula is C25H46N2O4. The van der Waals surface area contributed by atoms with Gasteiger partial charge in [0.05, 0.1) is 0 Å². The summed E-state index contributed by atoms with van der Waals surface area (Å²) < 4.78 is 0. The van der Waals surface area contributed by atoms with E-state index in [9.17, 15) is 9.59 Å². The van der Waals surface area contributed by atoms with Gasteiger partial charge in [0.1, 0.15) is 0 Å². The Morgan fingerprint density at radius 3 is 1.29 bits per heavy atom. The van der Waals surface area contributed by atoms with Crippen molar-refractivity contribution < 1.29 is 19.8 Å². The van der Waals surface area contributed by atoms with Crippen LogP contribution in [-0.4, -0.2) is 35.5 Å². The third-order valence-corrected chi connectivity index (χ3v) is 4.55. The maximum atomic E-state index is 10.0. The molecule has 0 aliphatic heterocycles. The van der Waals surface area contributed by atoms with Crippen LogP contribution in [0, 0.1) is 6.92 Å². The van der Waals surface area contributed by atoms with Crippen molar-refractivity contribution in [1.29, 1.82) is 0 Å². The topological polar surface area (TPSA) is 98.7 Å². The SMILES string of the molecule is CCCCCCCCNC(=O)O.CCCCCCCCNC(=O)O.Cc1ccccc1. The second-order valence-electron chi connectivity index (χ2n) is 7.65. The third kappa shape index (κ3) is 32.6. The summed E-state index contributed by atoms with van der Waals surface area (Å²) in [5.41, 5.74) is 1.32. The maximum absolute atomic E-state index is 10.0. The van der Waals surface area contributed by atoms with E-state index in [1.54, 1.807) is 0 Å². The highest BCUT2D eigenvalue weighted by Gasteiger charge is 1.94. The first-order chi connectivity index (χ1) is 14.9. The van der Waals surface area contributed by atoms with Gasteiger partial charge in [-0.1, -0.05) is 114 Å². The van der Waals surface area contributed by atoms with Crippen LogP contribution < -0.4 is 10.6 Å². The first kappa shape index (κ1) is 30.9. The Balaban J connectivity index is 0. The molecule has 0 atom stereocenters. The van der Waals surface area contributed by atoms with E-state index in [-0.39, 0.29) is 0 Å². The van der Waals surface area contributed by atoms with Crippen molar-refractivity contribution in [3.63, 3.8) is 0 Å². The lowest BCUT2D eigenvalue weighted by Gasteiger charge is -2.00. The number of aryl methyl sites for hydroxylation is 1. The number of amides is 2. The highest BCUT2D eigenvalue weighted by Crippen LogP contribution is 2.04. The van der Waals surface area contributed by atoms with Crippen molar-refractivity contribution in [2.75, 3.05) is 13.1 Å². The molecule has 1 aromatic rings. The fourth-order valence-corrected chi connectivity index (χ4v) is 2.74. The van der Waals surface area contributed by atoms with Gasteiger partial charge in [-0.3, -0.25) is 0 Å². The fourth-order valence-electron chi connectivity index (χ4n) is 2.74. The standard InChI is InChI=1S/2C9H19NO2.C7H8/c2*1-2-3-4-5-6-7-8-10-9(11)12;1-7-5-3-2-4-6-7/h2*10H,2-8H2,1H3,(H,11,12);2-6H,1H3. The lowest BCUT2D eigenvalue weighted by Crippen LogP contribution is -2.21. The van der Waals surface area contributed by atoms with Crippen LogP contribution >= 0.6 is 0 Å². The van der Waals surface area contributed by atoms with Crippen LogP contribution in [0.3, 0.4) is 0 Å². The zero-order valence-electron chi connectivity index (χ0n) is 20.0. The summed E-state index contributed by atoms with van der Waals surface area (Å²) in [4.78, 5) is 20.0. The van der Waals surface area contributed by atoms with Gasteiger partial charge in [0, 0.05) is 13.1 Å². The number of rotatable bonds is 14. The molecule has 0 aliphatic carbocycles. The van der Waals surface area contributed by atoms with E-state index in [1.807, 2.05) is 18.2 Å². The Morgan fingerprint density at radius 1 is 0.645 bits per heavy atom. The first-order valence-corrected chi connectivity index (χ1v) is 11.9. The van der Waals surface area contributed by atoms with Crippen molar-refractivity contribution in [3.05, 3.63) is 35.9 Å². The van der Waals surface area contributed by atoms with Gasteiger partial charge in [-0.05, 0) is 19.8 Å². The van der Waals surface area contributed by atoms with Crippen molar-refractivity contribution >= 4 is 12.2 Å². The summed E-state index contributed by atoms with van der Waals surface area (Å²) in [6.07, 6.45) is 12.5. The van der Waals surface area contributed by atoms with Gasteiger partial charge in [-0.15, -0.1) is 0 Å². The lowest BCUT2D eigenvalue weighted by molar-refractivity contribution is 0.193. The molecule has 0 aromatic heterocycles. The van der Waals surface area contributed by atoms with Gasteiger partial charge in [0.25, 0.3) is 0 Å². The molecule has 0 saturated heterocycles. The van der Waals surface area contributed by atoms with Crippen molar-refractivity contribution in [3.8, 4) is 0 Å². The molecular weight excluding hydrogens is 392 g/mol. The van der Waals surface area contributed by atoms with E-state index in [1.165, 1.54) is 56.9 Å². The number of unbranched alkanes of at least 4 members (excludes halogenated alkanes) is 10. The number of hydrogen-bond acceptors (Lipinski definition) is 2. The number of carboxylic acid groups (broad SMARTS) is 2. The molecule has 0 heterocycles. The van der Waals surface area contributed by atoms with E-state index in [2.05, 4.69) is 43.5 Å². The van der Waals surface area contributed by atoms with E-state index in [0.29, 0.717) is 13.1 Å². The summed E-state index contributed by atoms with van der Waals surface area (Å²) >= 11 is 0. The first-order valence-electron chi connectivity index (χ1n) is 11.9. The largest absolute Gasteiger partial charge is 0.465 e. The minimum atomic E-state index is -0.913. The molecule has 4 N–H and O–H groups in total. The van der Waals surface area contributed by atoms with Crippen molar-refractivity contribution in [2.45, 2.75) is 97.8 Å². The molecule has 0 fully saturated rings. The van der Waals surface area contributed by atoms with Gasteiger partial charge in [0.2, 0.25) is 0 Å². The van der Waals surface area contributed by atoms with E-state index in [0.717, 1.165) is 25.7 Å². The van der Waals surface area contributed by atoms with Crippen LogP contribution in [0.5, 0.6) is 0 Å². The molecule has 0 unspecified atom stereocenters. The molecule has 1 rings (SSSR count). The fraction of sp³-hybridized carbons (Fsp3) is 0.680. The number of nitrogens with one attached hydrogen (secondary N) is 2. The molecule has 6 nitrogen and oxygen atoms in total. The minimum absolute atomic E-state index is 0.599. The van der Waals surface area contributed by atoms with Gasteiger partial charge >= 0.3 is 12.2 Å². The van der Waals surface area contributed by atoms with Gasteiger partial charge in [-0.2, -0.15) is 0 Å². The van der Waals surface area contributed by atoms with Crippen LogP contribution in [-0.2, 0) is 0 Å². The van der Waals surface area contributed by atoms with E-state index in [4.69, 9.17) is 10.2 Å². The maximum Gasteiger partial charge on any atom is 0.404 e. The predicted octanol–water partition coefficient (Wildman–Crippen LogP) is 7.22. The van der Waals surface area contributed by atoms with Crippen LogP contribution in [0.15, 0.2) is 30.3 Å². The number of carbonyl (C=O) groups is 2. The Labute approximate surface area is 189 Å². The van der Waals surface area contributed by atoms with E-state index >= 15 is 0 Å². The van der Waals surface area contributed by atoms with Crippen molar-refractivity contribution in [2.24, 2.45) is 0 Å². The van der Waals surface area contributed by atoms with Crippen molar-refractivity contribution in [1.82, 2.24) is 10.6 Å². The molecule has 180 valence electrons. The Hall–Kier alpha value is -2.24. The second-order valence-corrected chi connectivity index (χ2v) is 7.65. The lowest BCUT2D eigenvalue weighted by atomic mass is 10.1. The summed E-state index contributed by atoms with van der Waals surface area (Å²) in [6.45, 7) is 7.65. The summed E-state index contributed by atoms with van der Waals surface area (Å²) in [5.74, 6) is 0. The Bertz CT molecular complexity index is 482. The van der Waals surface area contributed by atoms with Gasteiger partial charge in [0.15, 0.2) is 0 Å². The second kappa shape index (κ2) is 25.8. The van der Waals surface area contributed by atoms with Crippen LogP contribution in [0.2, 0.25) is 0 Å². The molecule has 0 radical (unpaired) electrons. The molecule has 1 aromatic carbocycles. The van der Waals surface area contributed by atoms with Crippen LogP contribution in [0.25, 0.3) is 0 Å². The quantitative estimate of drug-likeness (QED) is 0.230.